The second-order valence-electron chi connectivity index (χ2n) is 6.59. The monoisotopic (exact) mass is 327 g/mol. The Labute approximate surface area is 143 Å². The Morgan fingerprint density at radius 1 is 1.33 bits per heavy atom. The molecule has 2 aromatic rings. The first-order valence-corrected chi connectivity index (χ1v) is 8.65. The summed E-state index contributed by atoms with van der Waals surface area (Å²) in [7, 11) is 0. The van der Waals surface area contributed by atoms with Crippen molar-refractivity contribution >= 4 is 5.91 Å². The summed E-state index contributed by atoms with van der Waals surface area (Å²) in [5, 5.41) is 7.35. The van der Waals surface area contributed by atoms with E-state index >= 15 is 0 Å². The Balaban J connectivity index is 1.62. The van der Waals surface area contributed by atoms with Crippen LogP contribution in [-0.2, 0) is 4.74 Å². The van der Waals surface area contributed by atoms with Crippen molar-refractivity contribution in [3.05, 3.63) is 53.9 Å². The molecule has 1 fully saturated rings. The van der Waals surface area contributed by atoms with Crippen LogP contribution in [0.3, 0.4) is 0 Å². The van der Waals surface area contributed by atoms with Crippen molar-refractivity contribution in [1.82, 2.24) is 15.1 Å². The van der Waals surface area contributed by atoms with Gasteiger partial charge in [-0.3, -0.25) is 9.48 Å². The maximum absolute atomic E-state index is 12.3. The van der Waals surface area contributed by atoms with Crippen LogP contribution in [-0.4, -0.2) is 28.8 Å². The van der Waals surface area contributed by atoms with E-state index in [0.29, 0.717) is 12.2 Å². The van der Waals surface area contributed by atoms with Crippen molar-refractivity contribution in [1.29, 1.82) is 0 Å². The largest absolute Gasteiger partial charge is 0.373 e. The molecule has 24 heavy (non-hydrogen) atoms. The summed E-state index contributed by atoms with van der Waals surface area (Å²) in [6, 6.07) is 12.3. The van der Waals surface area contributed by atoms with Gasteiger partial charge in [0.05, 0.1) is 6.10 Å². The maximum atomic E-state index is 12.3. The first-order chi connectivity index (χ1) is 11.6. The van der Waals surface area contributed by atoms with E-state index in [1.165, 1.54) is 5.56 Å². The van der Waals surface area contributed by atoms with Gasteiger partial charge in [0.15, 0.2) is 0 Å². The van der Waals surface area contributed by atoms with Gasteiger partial charge in [0, 0.05) is 31.3 Å². The predicted octanol–water partition coefficient (Wildman–Crippen LogP) is 3.36. The second kappa shape index (κ2) is 7.62. The van der Waals surface area contributed by atoms with Gasteiger partial charge in [0.1, 0.15) is 5.69 Å². The number of benzene rings is 1. The lowest BCUT2D eigenvalue weighted by molar-refractivity contribution is -0.0272. The molecule has 1 aromatic carbocycles. The molecule has 1 aliphatic heterocycles. The fraction of sp³-hybridized carbons (Fsp3) is 0.474. The van der Waals surface area contributed by atoms with Gasteiger partial charge in [-0.2, -0.15) is 5.10 Å². The van der Waals surface area contributed by atoms with Crippen molar-refractivity contribution in [3.8, 4) is 0 Å². The molecule has 0 bridgehead atoms. The highest BCUT2D eigenvalue weighted by Gasteiger charge is 2.28. The zero-order valence-corrected chi connectivity index (χ0v) is 14.3. The minimum atomic E-state index is -0.119. The van der Waals surface area contributed by atoms with Crippen molar-refractivity contribution in [3.63, 3.8) is 0 Å². The van der Waals surface area contributed by atoms with Crippen molar-refractivity contribution in [2.45, 2.75) is 38.8 Å². The second-order valence-corrected chi connectivity index (χ2v) is 6.59. The van der Waals surface area contributed by atoms with E-state index in [9.17, 15) is 4.79 Å². The molecule has 5 nitrogen and oxygen atoms in total. The summed E-state index contributed by atoms with van der Waals surface area (Å²) in [4.78, 5) is 12.3. The first kappa shape index (κ1) is 16.7. The van der Waals surface area contributed by atoms with Crippen LogP contribution in [0, 0.1) is 5.92 Å². The highest BCUT2D eigenvalue weighted by Crippen LogP contribution is 2.33. The number of hydrogen-bond acceptors (Lipinski definition) is 3. The van der Waals surface area contributed by atoms with E-state index in [1.54, 1.807) is 10.7 Å². The van der Waals surface area contributed by atoms with Gasteiger partial charge in [-0.1, -0.05) is 30.3 Å². The SMILES string of the molecule is CC(C)n1ccc(C(=O)NCC2CCCOC2c2ccccc2)n1. The molecule has 1 aliphatic rings. The number of hydrogen-bond donors (Lipinski definition) is 1. The molecular formula is C19H25N3O2. The number of aromatic nitrogens is 2. The normalized spacial score (nSPS) is 21.0. The van der Waals surface area contributed by atoms with Crippen LogP contribution in [0.2, 0.25) is 0 Å². The first-order valence-electron chi connectivity index (χ1n) is 8.65. The molecular weight excluding hydrogens is 302 g/mol. The third-order valence-corrected chi connectivity index (χ3v) is 4.47. The molecule has 0 radical (unpaired) electrons. The van der Waals surface area contributed by atoms with Crippen LogP contribution < -0.4 is 5.32 Å². The minimum absolute atomic E-state index is 0.0495. The number of nitrogens with one attached hydrogen (secondary N) is 1. The van der Waals surface area contributed by atoms with Gasteiger partial charge in [0.25, 0.3) is 5.91 Å². The van der Waals surface area contributed by atoms with Gasteiger partial charge in [-0.05, 0) is 38.3 Å². The lowest BCUT2D eigenvalue weighted by Gasteiger charge is -2.32. The highest BCUT2D eigenvalue weighted by molar-refractivity contribution is 5.92. The summed E-state index contributed by atoms with van der Waals surface area (Å²) < 4.78 is 7.78. The topological polar surface area (TPSA) is 56.2 Å². The Hall–Kier alpha value is -2.14. The molecule has 1 amide bonds. The minimum Gasteiger partial charge on any atom is -0.373 e. The Kier molecular flexibility index (Phi) is 5.30. The van der Waals surface area contributed by atoms with Gasteiger partial charge in [0.2, 0.25) is 0 Å². The van der Waals surface area contributed by atoms with Gasteiger partial charge < -0.3 is 10.1 Å². The average Bonchev–Trinajstić information content (AvgIpc) is 3.11. The third kappa shape index (κ3) is 3.85. The molecule has 5 heteroatoms. The van der Waals surface area contributed by atoms with Crippen LogP contribution in [0.25, 0.3) is 0 Å². The quantitative estimate of drug-likeness (QED) is 0.916. The van der Waals surface area contributed by atoms with Crippen molar-refractivity contribution in [2.75, 3.05) is 13.2 Å². The molecule has 0 saturated carbocycles. The molecule has 0 spiro atoms. The molecule has 0 aliphatic carbocycles. The highest BCUT2D eigenvalue weighted by atomic mass is 16.5. The van der Waals surface area contributed by atoms with E-state index < -0.39 is 0 Å². The average molecular weight is 327 g/mol. The van der Waals surface area contributed by atoms with Crippen LogP contribution >= 0.6 is 0 Å². The molecule has 2 unspecified atom stereocenters. The number of ether oxygens (including phenoxy) is 1. The zero-order chi connectivity index (χ0) is 16.9. The Morgan fingerprint density at radius 3 is 2.83 bits per heavy atom. The lowest BCUT2D eigenvalue weighted by Crippen LogP contribution is -2.35. The molecule has 1 aromatic heterocycles. The van der Waals surface area contributed by atoms with Crippen LogP contribution in [0.4, 0.5) is 0 Å². The van der Waals surface area contributed by atoms with Crippen LogP contribution in [0.15, 0.2) is 42.6 Å². The van der Waals surface area contributed by atoms with E-state index in [0.717, 1.165) is 19.4 Å². The van der Waals surface area contributed by atoms with Gasteiger partial charge in [-0.15, -0.1) is 0 Å². The molecule has 2 heterocycles. The Morgan fingerprint density at radius 2 is 2.12 bits per heavy atom. The molecule has 1 saturated heterocycles. The van der Waals surface area contributed by atoms with E-state index in [2.05, 4.69) is 22.5 Å². The number of carbonyl (C=O) groups excluding carboxylic acids is 1. The summed E-state index contributed by atoms with van der Waals surface area (Å²) in [6.45, 7) is 5.47. The summed E-state index contributed by atoms with van der Waals surface area (Å²) in [5.74, 6) is 0.170. The van der Waals surface area contributed by atoms with E-state index in [4.69, 9.17) is 4.74 Å². The van der Waals surface area contributed by atoms with Crippen molar-refractivity contribution < 1.29 is 9.53 Å². The summed E-state index contributed by atoms with van der Waals surface area (Å²) in [5.41, 5.74) is 1.65. The third-order valence-electron chi connectivity index (χ3n) is 4.47. The molecule has 3 rings (SSSR count). The molecule has 128 valence electrons. The summed E-state index contributed by atoms with van der Waals surface area (Å²) >= 11 is 0. The predicted molar refractivity (Wildman–Crippen MR) is 92.8 cm³/mol. The number of amides is 1. The van der Waals surface area contributed by atoms with E-state index in [1.807, 2.05) is 38.2 Å². The lowest BCUT2D eigenvalue weighted by atomic mass is 9.89. The van der Waals surface area contributed by atoms with E-state index in [-0.39, 0.29) is 24.0 Å². The van der Waals surface area contributed by atoms with Crippen LogP contribution in [0.5, 0.6) is 0 Å². The fourth-order valence-electron chi connectivity index (χ4n) is 3.12. The smallest absolute Gasteiger partial charge is 0.271 e. The number of carbonyl (C=O) groups is 1. The number of rotatable bonds is 5. The standard InChI is InChI=1S/C19H25N3O2/c1-14(2)22-11-10-17(21-22)19(23)20-13-16-9-6-12-24-18(16)15-7-4-3-5-8-15/h3-5,7-8,10-11,14,16,18H,6,9,12-13H2,1-2H3,(H,20,23). The fourth-order valence-corrected chi connectivity index (χ4v) is 3.12. The Bertz CT molecular complexity index is 666. The van der Waals surface area contributed by atoms with Gasteiger partial charge >= 0.3 is 0 Å². The van der Waals surface area contributed by atoms with Crippen molar-refractivity contribution in [2.24, 2.45) is 5.92 Å². The van der Waals surface area contributed by atoms with Crippen LogP contribution in [0.1, 0.15) is 54.9 Å². The van der Waals surface area contributed by atoms with Gasteiger partial charge in [-0.25, -0.2) is 0 Å². The molecule has 1 N–H and O–H groups in total. The summed E-state index contributed by atoms with van der Waals surface area (Å²) in [6.07, 6.45) is 3.98. The number of nitrogens with zero attached hydrogens (tertiary/aromatic N) is 2. The maximum Gasteiger partial charge on any atom is 0.271 e. The zero-order valence-electron chi connectivity index (χ0n) is 14.3. The molecule has 2 atom stereocenters.